The molecule has 0 saturated heterocycles. The molecule has 0 aliphatic carbocycles. The first-order valence-corrected chi connectivity index (χ1v) is 8.08. The van der Waals surface area contributed by atoms with Gasteiger partial charge >= 0.3 is 0 Å². The van der Waals surface area contributed by atoms with Gasteiger partial charge in [0.25, 0.3) is 0 Å². The predicted molar refractivity (Wildman–Crippen MR) is 67.5 cm³/mol. The third-order valence-corrected chi connectivity index (χ3v) is 5.25. The standard InChI is InChI=1S/C13H18Si/c1-4-5-9-12-14(2,3)13-10-7-6-8-11-13/h4,6-12H,1,5H2,2-3H3. The van der Waals surface area contributed by atoms with Gasteiger partial charge in [0.15, 0.2) is 0 Å². The van der Waals surface area contributed by atoms with Crippen LogP contribution in [0.15, 0.2) is 54.8 Å². The van der Waals surface area contributed by atoms with Gasteiger partial charge in [0.1, 0.15) is 8.07 Å². The Hall–Kier alpha value is -1.08. The lowest BCUT2D eigenvalue weighted by Gasteiger charge is -2.17. The van der Waals surface area contributed by atoms with Gasteiger partial charge in [-0.05, 0) is 6.42 Å². The van der Waals surface area contributed by atoms with Crippen LogP contribution in [0.1, 0.15) is 6.42 Å². The highest BCUT2D eigenvalue weighted by Crippen LogP contribution is 2.05. The molecule has 74 valence electrons. The zero-order valence-corrected chi connectivity index (χ0v) is 10.0. The minimum Gasteiger partial charge on any atom is -0.103 e. The highest BCUT2D eigenvalue weighted by molar-refractivity contribution is 6.93. The second kappa shape index (κ2) is 4.96. The first-order chi connectivity index (χ1) is 6.67. The zero-order chi connectivity index (χ0) is 10.4. The van der Waals surface area contributed by atoms with E-state index in [4.69, 9.17) is 0 Å². The third-order valence-electron chi connectivity index (χ3n) is 2.36. The van der Waals surface area contributed by atoms with Crippen molar-refractivity contribution in [2.75, 3.05) is 0 Å². The summed E-state index contributed by atoms with van der Waals surface area (Å²) < 4.78 is 0. The summed E-state index contributed by atoms with van der Waals surface area (Å²) >= 11 is 0. The van der Waals surface area contributed by atoms with E-state index in [0.717, 1.165) is 6.42 Å². The van der Waals surface area contributed by atoms with E-state index in [9.17, 15) is 0 Å². The fraction of sp³-hybridized carbons (Fsp3) is 0.231. The monoisotopic (exact) mass is 202 g/mol. The topological polar surface area (TPSA) is 0 Å². The smallest absolute Gasteiger partial charge is 0.103 e. The van der Waals surface area contributed by atoms with Gasteiger partial charge in [-0.2, -0.15) is 0 Å². The molecule has 0 aromatic heterocycles. The van der Waals surface area contributed by atoms with Gasteiger partial charge in [0.2, 0.25) is 0 Å². The Morgan fingerprint density at radius 3 is 2.43 bits per heavy atom. The maximum atomic E-state index is 3.72. The van der Waals surface area contributed by atoms with Crippen molar-refractivity contribution in [1.82, 2.24) is 0 Å². The first kappa shape index (κ1) is 11.0. The molecule has 0 unspecified atom stereocenters. The van der Waals surface area contributed by atoms with Crippen LogP contribution in [0.3, 0.4) is 0 Å². The lowest BCUT2D eigenvalue weighted by molar-refractivity contribution is 1.41. The molecular weight excluding hydrogens is 184 g/mol. The van der Waals surface area contributed by atoms with E-state index in [2.05, 4.69) is 61.8 Å². The molecule has 0 N–H and O–H groups in total. The van der Waals surface area contributed by atoms with Crippen LogP contribution >= 0.6 is 0 Å². The highest BCUT2D eigenvalue weighted by Gasteiger charge is 2.18. The van der Waals surface area contributed by atoms with Crippen LogP contribution < -0.4 is 5.19 Å². The van der Waals surface area contributed by atoms with Crippen molar-refractivity contribution in [3.8, 4) is 0 Å². The SMILES string of the molecule is C=CCC=C[Si](C)(C)c1ccccc1. The van der Waals surface area contributed by atoms with Gasteiger partial charge in [-0.15, -0.1) is 6.58 Å². The Morgan fingerprint density at radius 1 is 1.21 bits per heavy atom. The molecule has 0 amide bonds. The summed E-state index contributed by atoms with van der Waals surface area (Å²) in [6.45, 7) is 8.44. The van der Waals surface area contributed by atoms with E-state index in [-0.39, 0.29) is 0 Å². The van der Waals surface area contributed by atoms with Gasteiger partial charge in [-0.25, -0.2) is 0 Å². The Morgan fingerprint density at radius 2 is 1.86 bits per heavy atom. The Bertz CT molecular complexity index is 309. The quantitative estimate of drug-likeness (QED) is 0.519. The van der Waals surface area contributed by atoms with Crippen molar-refractivity contribution in [2.24, 2.45) is 0 Å². The van der Waals surface area contributed by atoms with Gasteiger partial charge in [0, 0.05) is 0 Å². The molecule has 0 aliphatic heterocycles. The van der Waals surface area contributed by atoms with Crippen molar-refractivity contribution in [1.29, 1.82) is 0 Å². The molecule has 0 heterocycles. The number of benzene rings is 1. The average Bonchev–Trinajstić information content (AvgIpc) is 2.19. The van der Waals surface area contributed by atoms with Crippen molar-refractivity contribution in [2.45, 2.75) is 19.5 Å². The lowest BCUT2D eigenvalue weighted by atomic mass is 10.4. The van der Waals surface area contributed by atoms with Crippen LogP contribution in [0.4, 0.5) is 0 Å². The molecule has 1 rings (SSSR count). The molecule has 0 radical (unpaired) electrons. The molecule has 0 aliphatic rings. The van der Waals surface area contributed by atoms with E-state index >= 15 is 0 Å². The summed E-state index contributed by atoms with van der Waals surface area (Å²) in [6.07, 6.45) is 5.14. The Labute approximate surface area is 88.0 Å². The third kappa shape index (κ3) is 3.00. The highest BCUT2D eigenvalue weighted by atomic mass is 28.3. The minimum atomic E-state index is -1.34. The van der Waals surface area contributed by atoms with E-state index in [1.54, 1.807) is 0 Å². The van der Waals surface area contributed by atoms with Crippen LogP contribution in [0.2, 0.25) is 13.1 Å². The Balaban J connectivity index is 2.80. The predicted octanol–water partition coefficient (Wildman–Crippen LogP) is 3.27. The largest absolute Gasteiger partial charge is 0.103 e. The number of hydrogen-bond acceptors (Lipinski definition) is 0. The number of allylic oxidation sites excluding steroid dienone is 2. The summed E-state index contributed by atoms with van der Waals surface area (Å²) in [5.74, 6) is 0. The molecular formula is C13H18Si. The summed E-state index contributed by atoms with van der Waals surface area (Å²) in [6, 6.07) is 10.8. The molecule has 0 bridgehead atoms. The van der Waals surface area contributed by atoms with Crippen molar-refractivity contribution in [3.05, 3.63) is 54.8 Å². The molecule has 1 heteroatoms. The summed E-state index contributed by atoms with van der Waals surface area (Å²) in [4.78, 5) is 0. The number of rotatable bonds is 4. The van der Waals surface area contributed by atoms with Gasteiger partial charge < -0.3 is 0 Å². The van der Waals surface area contributed by atoms with Crippen molar-refractivity contribution >= 4 is 13.3 Å². The fourth-order valence-electron chi connectivity index (χ4n) is 1.42. The van der Waals surface area contributed by atoms with Crippen molar-refractivity contribution in [3.63, 3.8) is 0 Å². The molecule has 1 aromatic rings. The van der Waals surface area contributed by atoms with Crippen LogP contribution in [-0.2, 0) is 0 Å². The molecule has 0 fully saturated rings. The summed E-state index contributed by atoms with van der Waals surface area (Å²) in [5.41, 5.74) is 2.38. The lowest BCUT2D eigenvalue weighted by Crippen LogP contribution is -2.39. The fourth-order valence-corrected chi connectivity index (χ4v) is 3.39. The van der Waals surface area contributed by atoms with Crippen molar-refractivity contribution < 1.29 is 0 Å². The minimum absolute atomic E-state index is 0.975. The molecule has 1 aromatic carbocycles. The van der Waals surface area contributed by atoms with Crippen LogP contribution in [0, 0.1) is 0 Å². The average molecular weight is 202 g/mol. The van der Waals surface area contributed by atoms with Crippen LogP contribution in [0.25, 0.3) is 0 Å². The summed E-state index contributed by atoms with van der Waals surface area (Å²) in [5, 5.41) is 1.49. The van der Waals surface area contributed by atoms with E-state index in [1.807, 2.05) is 6.08 Å². The van der Waals surface area contributed by atoms with Gasteiger partial charge in [-0.1, -0.05) is 66.5 Å². The zero-order valence-electron chi connectivity index (χ0n) is 9.03. The number of hydrogen-bond donors (Lipinski definition) is 0. The Kier molecular flexibility index (Phi) is 3.90. The van der Waals surface area contributed by atoms with E-state index in [0.29, 0.717) is 0 Å². The summed E-state index contributed by atoms with van der Waals surface area (Å²) in [7, 11) is -1.34. The van der Waals surface area contributed by atoms with E-state index in [1.165, 1.54) is 5.19 Å². The molecule has 14 heavy (non-hydrogen) atoms. The first-order valence-electron chi connectivity index (χ1n) is 5.01. The molecule has 0 atom stereocenters. The second-order valence-electron chi connectivity index (χ2n) is 4.01. The second-order valence-corrected chi connectivity index (χ2v) is 8.37. The molecule has 0 spiro atoms. The van der Waals surface area contributed by atoms with Crippen LogP contribution in [0.5, 0.6) is 0 Å². The maximum Gasteiger partial charge on any atom is 0.103 e. The van der Waals surface area contributed by atoms with Gasteiger partial charge in [0.05, 0.1) is 0 Å². The molecule has 0 nitrogen and oxygen atoms in total. The van der Waals surface area contributed by atoms with E-state index < -0.39 is 8.07 Å². The maximum absolute atomic E-state index is 3.72. The van der Waals surface area contributed by atoms with Gasteiger partial charge in [-0.3, -0.25) is 0 Å². The van der Waals surface area contributed by atoms with Crippen LogP contribution in [-0.4, -0.2) is 8.07 Å². The normalized spacial score (nSPS) is 11.9. The molecule has 0 saturated carbocycles.